The zero-order chi connectivity index (χ0) is 14.0. The molecule has 0 bridgehead atoms. The highest BCUT2D eigenvalue weighted by Gasteiger charge is 2.39. The highest BCUT2D eigenvalue weighted by molar-refractivity contribution is 5.61. The molecule has 0 radical (unpaired) electrons. The minimum absolute atomic E-state index is 0.0533. The lowest BCUT2D eigenvalue weighted by Crippen LogP contribution is -2.43. The lowest BCUT2D eigenvalue weighted by Gasteiger charge is -2.26. The van der Waals surface area contributed by atoms with Gasteiger partial charge in [0.2, 0.25) is 0 Å². The molecule has 0 saturated carbocycles. The summed E-state index contributed by atoms with van der Waals surface area (Å²) in [5.41, 5.74) is -1.27. The van der Waals surface area contributed by atoms with Crippen LogP contribution in [-0.2, 0) is 4.74 Å². The predicted molar refractivity (Wildman–Crippen MR) is 66.5 cm³/mol. The second-order valence-electron chi connectivity index (χ2n) is 4.64. The van der Waals surface area contributed by atoms with E-state index in [2.05, 4.69) is 5.32 Å². The van der Waals surface area contributed by atoms with Crippen molar-refractivity contribution in [3.05, 3.63) is 34.1 Å². The van der Waals surface area contributed by atoms with Crippen LogP contribution in [0.2, 0.25) is 0 Å². The van der Waals surface area contributed by atoms with E-state index >= 15 is 0 Å². The van der Waals surface area contributed by atoms with Crippen LogP contribution in [-0.4, -0.2) is 34.9 Å². The molecule has 6 nitrogen and oxygen atoms in total. The zero-order valence-electron chi connectivity index (χ0n) is 10.4. The smallest absolute Gasteiger partial charge is 0.292 e. The molecule has 7 heteroatoms. The van der Waals surface area contributed by atoms with Gasteiger partial charge in [-0.1, -0.05) is 0 Å². The number of nitro benzene ring substituents is 1. The molecule has 2 N–H and O–H groups in total. The van der Waals surface area contributed by atoms with Gasteiger partial charge in [0, 0.05) is 31.7 Å². The third kappa shape index (κ3) is 2.82. The first-order valence-corrected chi connectivity index (χ1v) is 5.94. The molecule has 0 aromatic heterocycles. The van der Waals surface area contributed by atoms with Crippen molar-refractivity contribution in [3.8, 4) is 0 Å². The maximum atomic E-state index is 13.1. The van der Waals surface area contributed by atoms with E-state index in [1.165, 1.54) is 0 Å². The molecule has 104 valence electrons. The van der Waals surface area contributed by atoms with Crippen molar-refractivity contribution in [1.29, 1.82) is 0 Å². The van der Waals surface area contributed by atoms with Crippen LogP contribution in [0.25, 0.3) is 0 Å². The van der Waals surface area contributed by atoms with Gasteiger partial charge in [-0.25, -0.2) is 4.39 Å². The van der Waals surface area contributed by atoms with Crippen molar-refractivity contribution >= 4 is 11.4 Å². The molecule has 0 amide bonds. The van der Waals surface area contributed by atoms with Crippen molar-refractivity contribution in [2.24, 2.45) is 0 Å². The average molecular weight is 270 g/mol. The van der Waals surface area contributed by atoms with Crippen molar-refractivity contribution in [3.63, 3.8) is 0 Å². The molecule has 1 saturated heterocycles. The molecule has 2 unspecified atom stereocenters. The molecule has 1 aliphatic heterocycles. The highest BCUT2D eigenvalue weighted by Crippen LogP contribution is 2.29. The molecule has 1 aromatic carbocycles. The van der Waals surface area contributed by atoms with Crippen LogP contribution in [0.15, 0.2) is 18.2 Å². The van der Waals surface area contributed by atoms with Gasteiger partial charge in [0.1, 0.15) is 17.1 Å². The molecule has 0 spiro atoms. The fourth-order valence-corrected chi connectivity index (χ4v) is 2.06. The number of anilines is 1. The number of rotatable bonds is 4. The standard InChI is InChI=1S/C12H15FN2O4/c1-8-12(16,4-5-19-8)7-14-10-6-9(13)2-3-11(10)15(17)18/h2-3,6,8,14,16H,4-5,7H2,1H3. The summed E-state index contributed by atoms with van der Waals surface area (Å²) in [6.07, 6.45) is 0.0669. The van der Waals surface area contributed by atoms with Crippen molar-refractivity contribution < 1.29 is 19.2 Å². The van der Waals surface area contributed by atoms with Gasteiger partial charge < -0.3 is 15.2 Å². The SMILES string of the molecule is CC1OCCC1(O)CNc1cc(F)ccc1[N+](=O)[O-]. The number of benzene rings is 1. The summed E-state index contributed by atoms with van der Waals surface area (Å²) in [7, 11) is 0. The van der Waals surface area contributed by atoms with Crippen LogP contribution in [0.5, 0.6) is 0 Å². The van der Waals surface area contributed by atoms with Gasteiger partial charge in [0.25, 0.3) is 5.69 Å². The molecule has 2 atom stereocenters. The topological polar surface area (TPSA) is 84.6 Å². The van der Waals surface area contributed by atoms with E-state index in [9.17, 15) is 19.6 Å². The van der Waals surface area contributed by atoms with Gasteiger partial charge >= 0.3 is 0 Å². The summed E-state index contributed by atoms with van der Waals surface area (Å²) in [6.45, 7) is 2.23. The Balaban J connectivity index is 2.15. The first-order valence-electron chi connectivity index (χ1n) is 5.94. The van der Waals surface area contributed by atoms with Crippen molar-refractivity contribution in [2.75, 3.05) is 18.5 Å². The fourth-order valence-electron chi connectivity index (χ4n) is 2.06. The minimum Gasteiger partial charge on any atom is -0.385 e. The van der Waals surface area contributed by atoms with Crippen LogP contribution in [0.1, 0.15) is 13.3 Å². The van der Waals surface area contributed by atoms with Crippen LogP contribution >= 0.6 is 0 Å². The quantitative estimate of drug-likeness (QED) is 0.642. The first-order chi connectivity index (χ1) is 8.92. The van der Waals surface area contributed by atoms with E-state index in [4.69, 9.17) is 4.74 Å². The molecular formula is C12H15FN2O4. The number of hydrogen-bond acceptors (Lipinski definition) is 5. The molecule has 1 heterocycles. The summed E-state index contributed by atoms with van der Waals surface area (Å²) in [5.74, 6) is -0.573. The van der Waals surface area contributed by atoms with E-state index in [0.29, 0.717) is 13.0 Å². The van der Waals surface area contributed by atoms with E-state index in [1.54, 1.807) is 6.92 Å². The van der Waals surface area contributed by atoms with Crippen LogP contribution in [0.4, 0.5) is 15.8 Å². The molecule has 2 rings (SSSR count). The van der Waals surface area contributed by atoms with Crippen LogP contribution in [0.3, 0.4) is 0 Å². The van der Waals surface area contributed by atoms with Crippen LogP contribution in [0, 0.1) is 15.9 Å². The van der Waals surface area contributed by atoms with Crippen LogP contribution < -0.4 is 5.32 Å². The number of ether oxygens (including phenoxy) is 1. The highest BCUT2D eigenvalue weighted by atomic mass is 19.1. The Kier molecular flexibility index (Phi) is 3.68. The van der Waals surface area contributed by atoms with Gasteiger partial charge in [0.15, 0.2) is 0 Å². The molecular weight excluding hydrogens is 255 g/mol. The Labute approximate surface area is 109 Å². The second kappa shape index (κ2) is 5.10. The van der Waals surface area contributed by atoms with Gasteiger partial charge in [-0.15, -0.1) is 0 Å². The van der Waals surface area contributed by atoms with Gasteiger partial charge in [-0.3, -0.25) is 10.1 Å². The number of aliphatic hydroxyl groups is 1. The Hall–Kier alpha value is -1.73. The molecule has 0 aliphatic carbocycles. The molecule has 1 aromatic rings. The second-order valence-corrected chi connectivity index (χ2v) is 4.64. The first kappa shape index (κ1) is 13.7. The van der Waals surface area contributed by atoms with Gasteiger partial charge in [-0.05, 0) is 13.0 Å². The largest absolute Gasteiger partial charge is 0.385 e. The third-order valence-electron chi connectivity index (χ3n) is 3.40. The Morgan fingerprint density at radius 1 is 1.68 bits per heavy atom. The third-order valence-corrected chi connectivity index (χ3v) is 3.40. The fraction of sp³-hybridized carbons (Fsp3) is 0.500. The normalized spacial score (nSPS) is 26.4. The lowest BCUT2D eigenvalue weighted by atomic mass is 9.96. The van der Waals surface area contributed by atoms with Crippen molar-refractivity contribution in [2.45, 2.75) is 25.0 Å². The Bertz CT molecular complexity index is 497. The maximum Gasteiger partial charge on any atom is 0.292 e. The minimum atomic E-state index is -1.10. The molecule has 1 fully saturated rings. The summed E-state index contributed by atoms with van der Waals surface area (Å²) in [6, 6.07) is 3.16. The Morgan fingerprint density at radius 2 is 2.42 bits per heavy atom. The van der Waals surface area contributed by atoms with E-state index < -0.39 is 16.3 Å². The zero-order valence-corrected chi connectivity index (χ0v) is 10.4. The monoisotopic (exact) mass is 270 g/mol. The number of nitrogens with one attached hydrogen (secondary N) is 1. The predicted octanol–water partition coefficient (Wildman–Crippen LogP) is 1.69. The summed E-state index contributed by atoms with van der Waals surface area (Å²) in [4.78, 5) is 10.2. The van der Waals surface area contributed by atoms with Crippen molar-refractivity contribution in [1.82, 2.24) is 0 Å². The number of halogens is 1. The number of nitro groups is 1. The summed E-state index contributed by atoms with van der Waals surface area (Å²) >= 11 is 0. The lowest BCUT2D eigenvalue weighted by molar-refractivity contribution is -0.384. The molecule has 1 aliphatic rings. The number of hydrogen-bond donors (Lipinski definition) is 2. The number of nitrogens with zero attached hydrogens (tertiary/aromatic N) is 1. The maximum absolute atomic E-state index is 13.1. The van der Waals surface area contributed by atoms with Gasteiger partial charge in [-0.2, -0.15) is 0 Å². The van der Waals surface area contributed by atoms with E-state index in [0.717, 1.165) is 18.2 Å². The summed E-state index contributed by atoms with van der Waals surface area (Å²) in [5, 5.41) is 23.8. The molecule has 19 heavy (non-hydrogen) atoms. The summed E-state index contributed by atoms with van der Waals surface area (Å²) < 4.78 is 18.4. The average Bonchev–Trinajstić information content (AvgIpc) is 2.67. The van der Waals surface area contributed by atoms with Gasteiger partial charge in [0.05, 0.1) is 11.0 Å². The van der Waals surface area contributed by atoms with E-state index in [-0.39, 0.29) is 24.0 Å². The van der Waals surface area contributed by atoms with E-state index in [1.807, 2.05) is 0 Å². The Morgan fingerprint density at radius 3 is 3.00 bits per heavy atom.